The number of hydrogen-bond donors (Lipinski definition) is 2. The molecular formula is C24H23ClN2O3. The Hall–Kier alpha value is -3.31. The van der Waals surface area contributed by atoms with Crippen molar-refractivity contribution in [2.45, 2.75) is 20.4 Å². The molecule has 0 radical (unpaired) electrons. The van der Waals surface area contributed by atoms with E-state index in [4.69, 9.17) is 16.3 Å². The monoisotopic (exact) mass is 422 g/mol. The summed E-state index contributed by atoms with van der Waals surface area (Å²) in [6, 6.07) is 20.9. The lowest BCUT2D eigenvalue weighted by Crippen LogP contribution is -2.11. The second-order valence-corrected chi connectivity index (χ2v) is 7.09. The van der Waals surface area contributed by atoms with Crippen LogP contribution in [-0.2, 0) is 16.1 Å². The number of hydrogen-bond acceptors (Lipinski definition) is 4. The molecule has 0 aliphatic carbocycles. The molecule has 2 N–H and O–H groups in total. The molecule has 6 heteroatoms. The highest BCUT2D eigenvalue weighted by molar-refractivity contribution is 6.31. The standard InChI is InChI=1S/C24H23ClN2O3/c1-3-30-24(29)19-11-12-22(27-16(2)28)23(14-19)26-15-20-10-9-18(13-21(20)25)17-7-5-4-6-8-17/h4-14,26H,3,15H2,1-2H3,(H,27,28). The molecule has 0 bridgehead atoms. The van der Waals surface area contributed by atoms with Crippen LogP contribution in [0.3, 0.4) is 0 Å². The van der Waals surface area contributed by atoms with Gasteiger partial charge in [-0.05, 0) is 47.9 Å². The summed E-state index contributed by atoms with van der Waals surface area (Å²) in [4.78, 5) is 23.6. The predicted octanol–water partition coefficient (Wildman–Crippen LogP) is 5.75. The molecule has 5 nitrogen and oxygen atoms in total. The molecule has 154 valence electrons. The molecule has 0 fully saturated rings. The maximum atomic E-state index is 12.1. The van der Waals surface area contributed by atoms with Crippen LogP contribution in [0.4, 0.5) is 11.4 Å². The third kappa shape index (κ3) is 5.39. The van der Waals surface area contributed by atoms with Gasteiger partial charge in [0.25, 0.3) is 0 Å². The summed E-state index contributed by atoms with van der Waals surface area (Å²) in [7, 11) is 0. The van der Waals surface area contributed by atoms with Gasteiger partial charge in [-0.1, -0.05) is 54.1 Å². The van der Waals surface area contributed by atoms with Crippen molar-refractivity contribution in [3.05, 3.63) is 82.9 Å². The molecule has 0 atom stereocenters. The Morgan fingerprint density at radius 2 is 1.70 bits per heavy atom. The minimum Gasteiger partial charge on any atom is -0.462 e. The minimum absolute atomic E-state index is 0.202. The van der Waals surface area contributed by atoms with Crippen LogP contribution in [0, 0.1) is 0 Å². The molecule has 0 unspecified atom stereocenters. The van der Waals surface area contributed by atoms with Crippen molar-refractivity contribution in [2.75, 3.05) is 17.2 Å². The number of halogens is 1. The lowest BCUT2D eigenvalue weighted by atomic mass is 10.0. The van der Waals surface area contributed by atoms with Gasteiger partial charge in [0.1, 0.15) is 0 Å². The number of rotatable bonds is 7. The zero-order chi connectivity index (χ0) is 21.5. The average Bonchev–Trinajstić information content (AvgIpc) is 2.74. The van der Waals surface area contributed by atoms with Gasteiger partial charge in [-0.2, -0.15) is 0 Å². The molecule has 3 aromatic rings. The van der Waals surface area contributed by atoms with E-state index in [9.17, 15) is 9.59 Å². The molecular weight excluding hydrogens is 400 g/mol. The molecule has 1 amide bonds. The SMILES string of the molecule is CCOC(=O)c1ccc(NC(C)=O)c(NCc2ccc(-c3ccccc3)cc2Cl)c1. The topological polar surface area (TPSA) is 67.4 Å². The zero-order valence-corrected chi connectivity index (χ0v) is 17.6. The number of amides is 1. The van der Waals surface area contributed by atoms with Crippen LogP contribution < -0.4 is 10.6 Å². The van der Waals surface area contributed by atoms with Crippen LogP contribution in [0.1, 0.15) is 29.8 Å². The summed E-state index contributed by atoms with van der Waals surface area (Å²) in [6.07, 6.45) is 0. The quantitative estimate of drug-likeness (QED) is 0.475. The molecule has 0 saturated heterocycles. The van der Waals surface area contributed by atoms with Gasteiger partial charge in [0.2, 0.25) is 5.91 Å². The van der Waals surface area contributed by atoms with Crippen LogP contribution in [0.25, 0.3) is 11.1 Å². The van der Waals surface area contributed by atoms with Gasteiger partial charge in [0, 0.05) is 18.5 Å². The summed E-state index contributed by atoms with van der Waals surface area (Å²) >= 11 is 6.51. The van der Waals surface area contributed by atoms with E-state index < -0.39 is 5.97 Å². The van der Waals surface area contributed by atoms with Crippen molar-refractivity contribution in [1.82, 2.24) is 0 Å². The van der Waals surface area contributed by atoms with Gasteiger partial charge in [-0.3, -0.25) is 4.79 Å². The Morgan fingerprint density at radius 1 is 0.933 bits per heavy atom. The van der Waals surface area contributed by atoms with E-state index in [-0.39, 0.29) is 5.91 Å². The fourth-order valence-electron chi connectivity index (χ4n) is 3.02. The highest BCUT2D eigenvalue weighted by atomic mass is 35.5. The second-order valence-electron chi connectivity index (χ2n) is 6.69. The Labute approximate surface area is 181 Å². The van der Waals surface area contributed by atoms with E-state index in [1.165, 1.54) is 6.92 Å². The third-order valence-corrected chi connectivity index (χ3v) is 4.82. The van der Waals surface area contributed by atoms with Crippen LogP contribution in [0.5, 0.6) is 0 Å². The summed E-state index contributed by atoms with van der Waals surface area (Å²) in [5.41, 5.74) is 4.61. The number of carbonyl (C=O) groups is 2. The largest absolute Gasteiger partial charge is 0.462 e. The predicted molar refractivity (Wildman–Crippen MR) is 121 cm³/mol. The normalized spacial score (nSPS) is 10.4. The van der Waals surface area contributed by atoms with E-state index in [0.717, 1.165) is 16.7 Å². The molecule has 0 saturated carbocycles. The van der Waals surface area contributed by atoms with Crippen molar-refractivity contribution in [3.63, 3.8) is 0 Å². The first-order chi connectivity index (χ1) is 14.5. The molecule has 0 heterocycles. The Kier molecular flexibility index (Phi) is 7.09. The second kappa shape index (κ2) is 9.94. The van der Waals surface area contributed by atoms with Gasteiger partial charge in [-0.15, -0.1) is 0 Å². The van der Waals surface area contributed by atoms with E-state index in [1.54, 1.807) is 25.1 Å². The first kappa shape index (κ1) is 21.4. The first-order valence-electron chi connectivity index (χ1n) is 9.64. The lowest BCUT2D eigenvalue weighted by Gasteiger charge is -2.15. The van der Waals surface area contributed by atoms with Crippen molar-refractivity contribution in [3.8, 4) is 11.1 Å². The Balaban J connectivity index is 1.82. The van der Waals surface area contributed by atoms with Gasteiger partial charge >= 0.3 is 5.97 Å². The van der Waals surface area contributed by atoms with Crippen LogP contribution in [-0.4, -0.2) is 18.5 Å². The number of esters is 1. The summed E-state index contributed by atoms with van der Waals surface area (Å²) in [5.74, 6) is -0.618. The summed E-state index contributed by atoms with van der Waals surface area (Å²) in [5, 5.41) is 6.66. The third-order valence-electron chi connectivity index (χ3n) is 4.47. The highest BCUT2D eigenvalue weighted by Gasteiger charge is 2.12. The zero-order valence-electron chi connectivity index (χ0n) is 16.9. The van der Waals surface area contributed by atoms with Crippen molar-refractivity contribution in [1.29, 1.82) is 0 Å². The molecule has 30 heavy (non-hydrogen) atoms. The molecule has 3 aromatic carbocycles. The number of benzene rings is 3. The number of carbonyl (C=O) groups excluding carboxylic acids is 2. The van der Waals surface area contributed by atoms with Gasteiger partial charge < -0.3 is 15.4 Å². The van der Waals surface area contributed by atoms with Crippen LogP contribution in [0.2, 0.25) is 5.02 Å². The molecule has 3 rings (SSSR count). The van der Waals surface area contributed by atoms with Gasteiger partial charge in [0.15, 0.2) is 0 Å². The number of nitrogens with one attached hydrogen (secondary N) is 2. The lowest BCUT2D eigenvalue weighted by molar-refractivity contribution is -0.114. The van der Waals surface area contributed by atoms with E-state index in [2.05, 4.69) is 10.6 Å². The minimum atomic E-state index is -0.417. The van der Waals surface area contributed by atoms with Crippen LogP contribution in [0.15, 0.2) is 66.7 Å². The highest BCUT2D eigenvalue weighted by Crippen LogP contribution is 2.28. The van der Waals surface area contributed by atoms with Crippen molar-refractivity contribution >= 4 is 34.9 Å². The first-order valence-corrected chi connectivity index (χ1v) is 10.0. The Morgan fingerprint density at radius 3 is 2.37 bits per heavy atom. The van der Waals surface area contributed by atoms with Crippen LogP contribution >= 0.6 is 11.6 Å². The van der Waals surface area contributed by atoms with Gasteiger partial charge in [-0.25, -0.2) is 4.79 Å². The Bertz CT molecular complexity index is 1050. The van der Waals surface area contributed by atoms with Crippen molar-refractivity contribution < 1.29 is 14.3 Å². The number of ether oxygens (including phenoxy) is 1. The molecule has 0 aliphatic heterocycles. The summed E-state index contributed by atoms with van der Waals surface area (Å²) < 4.78 is 5.07. The fourth-order valence-corrected chi connectivity index (χ4v) is 3.27. The molecule has 0 spiro atoms. The number of anilines is 2. The van der Waals surface area contributed by atoms with E-state index in [1.807, 2.05) is 48.5 Å². The fraction of sp³-hybridized carbons (Fsp3) is 0.167. The van der Waals surface area contributed by atoms with E-state index in [0.29, 0.717) is 35.1 Å². The van der Waals surface area contributed by atoms with E-state index >= 15 is 0 Å². The molecule has 0 aliphatic rings. The maximum absolute atomic E-state index is 12.1. The maximum Gasteiger partial charge on any atom is 0.338 e. The van der Waals surface area contributed by atoms with Crippen molar-refractivity contribution in [2.24, 2.45) is 0 Å². The average molecular weight is 423 g/mol. The smallest absolute Gasteiger partial charge is 0.338 e. The molecule has 0 aromatic heterocycles. The van der Waals surface area contributed by atoms with Gasteiger partial charge in [0.05, 0.1) is 23.5 Å². The summed E-state index contributed by atoms with van der Waals surface area (Å²) in [6.45, 7) is 3.90.